The first-order valence-corrected chi connectivity index (χ1v) is 8.88. The van der Waals surface area contributed by atoms with Crippen molar-refractivity contribution in [2.75, 3.05) is 0 Å². The van der Waals surface area contributed by atoms with Gasteiger partial charge in [-0.3, -0.25) is 4.79 Å². The number of amides is 1. The van der Waals surface area contributed by atoms with Gasteiger partial charge in [0.05, 0.1) is 6.04 Å². The SMILES string of the molecule is C[C@@H](NC(=O)CCc1nc(Cc2ccccc2)no1)c1cccc(Cl)c1. The minimum atomic E-state index is -0.113. The Kier molecular flexibility index (Phi) is 6.02. The lowest BCUT2D eigenvalue weighted by Gasteiger charge is -2.14. The van der Waals surface area contributed by atoms with E-state index in [1.54, 1.807) is 0 Å². The fourth-order valence-corrected chi connectivity index (χ4v) is 2.83. The molecule has 1 amide bonds. The Balaban J connectivity index is 1.49. The van der Waals surface area contributed by atoms with E-state index in [1.165, 1.54) is 0 Å². The first-order chi connectivity index (χ1) is 12.6. The van der Waals surface area contributed by atoms with Crippen LogP contribution in [-0.2, 0) is 17.6 Å². The molecular formula is C20H20ClN3O2. The molecule has 0 saturated carbocycles. The standard InChI is InChI=1S/C20H20ClN3O2/c1-14(16-8-5-9-17(21)13-16)22-19(25)10-11-20-23-18(24-26-20)12-15-6-3-2-4-7-15/h2-9,13-14H,10-12H2,1H3,(H,22,25)/t14-/m1/s1. The van der Waals surface area contributed by atoms with Crippen LogP contribution in [0, 0.1) is 0 Å². The normalized spacial score (nSPS) is 11.9. The summed E-state index contributed by atoms with van der Waals surface area (Å²) in [6, 6.07) is 17.3. The van der Waals surface area contributed by atoms with E-state index in [1.807, 2.05) is 61.5 Å². The average molecular weight is 370 g/mol. The molecule has 26 heavy (non-hydrogen) atoms. The number of aromatic nitrogens is 2. The van der Waals surface area contributed by atoms with Crippen LogP contribution in [0.3, 0.4) is 0 Å². The Bertz CT molecular complexity index is 864. The van der Waals surface area contributed by atoms with E-state index in [9.17, 15) is 4.79 Å². The number of aryl methyl sites for hydroxylation is 1. The zero-order valence-electron chi connectivity index (χ0n) is 14.5. The predicted molar refractivity (Wildman–Crippen MR) is 99.9 cm³/mol. The van der Waals surface area contributed by atoms with Gasteiger partial charge in [0, 0.05) is 24.3 Å². The predicted octanol–water partition coefficient (Wildman–Crippen LogP) is 4.12. The second-order valence-electron chi connectivity index (χ2n) is 6.11. The first-order valence-electron chi connectivity index (χ1n) is 8.50. The highest BCUT2D eigenvalue weighted by Crippen LogP contribution is 2.17. The third kappa shape index (κ3) is 5.17. The summed E-state index contributed by atoms with van der Waals surface area (Å²) in [7, 11) is 0. The molecule has 1 heterocycles. The number of nitrogens with one attached hydrogen (secondary N) is 1. The zero-order valence-corrected chi connectivity index (χ0v) is 15.2. The van der Waals surface area contributed by atoms with Crippen LogP contribution in [0.1, 0.15) is 42.2 Å². The fourth-order valence-electron chi connectivity index (χ4n) is 2.64. The number of halogens is 1. The molecule has 0 aliphatic heterocycles. The quantitative estimate of drug-likeness (QED) is 0.680. The van der Waals surface area contributed by atoms with Crippen LogP contribution in [0.25, 0.3) is 0 Å². The number of carbonyl (C=O) groups excluding carboxylic acids is 1. The molecule has 6 heteroatoms. The Hall–Kier alpha value is -2.66. The van der Waals surface area contributed by atoms with Crippen molar-refractivity contribution >= 4 is 17.5 Å². The number of hydrogen-bond donors (Lipinski definition) is 1. The average Bonchev–Trinajstić information content (AvgIpc) is 3.08. The van der Waals surface area contributed by atoms with Crippen molar-refractivity contribution in [3.8, 4) is 0 Å². The minimum Gasteiger partial charge on any atom is -0.350 e. The number of hydrogen-bond acceptors (Lipinski definition) is 4. The molecule has 3 rings (SSSR count). The van der Waals surface area contributed by atoms with Gasteiger partial charge < -0.3 is 9.84 Å². The second-order valence-corrected chi connectivity index (χ2v) is 6.55. The Labute approximate surface area is 157 Å². The summed E-state index contributed by atoms with van der Waals surface area (Å²) >= 11 is 5.99. The van der Waals surface area contributed by atoms with Crippen molar-refractivity contribution in [3.05, 3.63) is 82.5 Å². The van der Waals surface area contributed by atoms with Crippen LogP contribution < -0.4 is 5.32 Å². The van der Waals surface area contributed by atoms with Gasteiger partial charge in [-0.1, -0.05) is 59.2 Å². The molecular weight excluding hydrogens is 350 g/mol. The summed E-state index contributed by atoms with van der Waals surface area (Å²) in [5.74, 6) is 1.03. The smallest absolute Gasteiger partial charge is 0.227 e. The van der Waals surface area contributed by atoms with E-state index in [0.29, 0.717) is 29.6 Å². The summed E-state index contributed by atoms with van der Waals surface area (Å²) in [5, 5.41) is 7.58. The molecule has 0 saturated heterocycles. The van der Waals surface area contributed by atoms with E-state index >= 15 is 0 Å². The summed E-state index contributed by atoms with van der Waals surface area (Å²) in [6.45, 7) is 1.92. The number of benzene rings is 2. The van der Waals surface area contributed by atoms with E-state index in [4.69, 9.17) is 16.1 Å². The van der Waals surface area contributed by atoms with Gasteiger partial charge in [0.2, 0.25) is 11.8 Å². The third-order valence-corrected chi connectivity index (χ3v) is 4.24. The lowest BCUT2D eigenvalue weighted by molar-refractivity contribution is -0.121. The van der Waals surface area contributed by atoms with Crippen molar-refractivity contribution in [3.63, 3.8) is 0 Å². The van der Waals surface area contributed by atoms with Crippen molar-refractivity contribution < 1.29 is 9.32 Å². The van der Waals surface area contributed by atoms with Gasteiger partial charge in [-0.25, -0.2) is 0 Å². The number of rotatable bonds is 7. The number of carbonyl (C=O) groups is 1. The van der Waals surface area contributed by atoms with Crippen molar-refractivity contribution in [1.82, 2.24) is 15.5 Å². The third-order valence-electron chi connectivity index (χ3n) is 4.01. The lowest BCUT2D eigenvalue weighted by Crippen LogP contribution is -2.26. The highest BCUT2D eigenvalue weighted by molar-refractivity contribution is 6.30. The maximum absolute atomic E-state index is 12.1. The topological polar surface area (TPSA) is 68.0 Å². The molecule has 0 bridgehead atoms. The van der Waals surface area contributed by atoms with Gasteiger partial charge in [0.15, 0.2) is 5.82 Å². The van der Waals surface area contributed by atoms with Crippen LogP contribution in [0.2, 0.25) is 5.02 Å². The molecule has 3 aromatic rings. The molecule has 0 fully saturated rings. The largest absolute Gasteiger partial charge is 0.350 e. The summed E-state index contributed by atoms with van der Waals surface area (Å²) in [4.78, 5) is 16.5. The molecule has 0 spiro atoms. The highest BCUT2D eigenvalue weighted by atomic mass is 35.5. The molecule has 2 aromatic carbocycles. The van der Waals surface area contributed by atoms with Crippen LogP contribution in [0.15, 0.2) is 59.1 Å². The second kappa shape index (κ2) is 8.63. The Morgan fingerprint density at radius 1 is 1.19 bits per heavy atom. The fraction of sp³-hybridized carbons (Fsp3) is 0.250. The maximum atomic E-state index is 12.1. The van der Waals surface area contributed by atoms with Crippen molar-refractivity contribution in [1.29, 1.82) is 0 Å². The summed E-state index contributed by atoms with van der Waals surface area (Å²) in [5.41, 5.74) is 2.08. The molecule has 5 nitrogen and oxygen atoms in total. The molecule has 0 unspecified atom stereocenters. The molecule has 1 aromatic heterocycles. The van der Waals surface area contributed by atoms with Gasteiger partial charge in [-0.15, -0.1) is 0 Å². The van der Waals surface area contributed by atoms with E-state index in [-0.39, 0.29) is 18.4 Å². The van der Waals surface area contributed by atoms with Gasteiger partial charge in [0.25, 0.3) is 0 Å². The van der Waals surface area contributed by atoms with Gasteiger partial charge in [0.1, 0.15) is 0 Å². The van der Waals surface area contributed by atoms with Gasteiger partial charge >= 0.3 is 0 Å². The Morgan fingerprint density at radius 2 is 2.00 bits per heavy atom. The molecule has 0 aliphatic carbocycles. The number of nitrogens with zero attached hydrogens (tertiary/aromatic N) is 2. The van der Waals surface area contributed by atoms with Crippen LogP contribution in [0.5, 0.6) is 0 Å². The molecule has 134 valence electrons. The maximum Gasteiger partial charge on any atom is 0.227 e. The van der Waals surface area contributed by atoms with Gasteiger partial charge in [-0.05, 0) is 30.2 Å². The highest BCUT2D eigenvalue weighted by Gasteiger charge is 2.13. The molecule has 1 atom stereocenters. The van der Waals surface area contributed by atoms with Crippen LogP contribution in [0.4, 0.5) is 0 Å². The van der Waals surface area contributed by atoms with Crippen molar-refractivity contribution in [2.24, 2.45) is 0 Å². The molecule has 0 aliphatic rings. The lowest BCUT2D eigenvalue weighted by atomic mass is 10.1. The van der Waals surface area contributed by atoms with Crippen LogP contribution in [-0.4, -0.2) is 16.0 Å². The zero-order chi connectivity index (χ0) is 18.4. The van der Waals surface area contributed by atoms with Crippen molar-refractivity contribution in [2.45, 2.75) is 32.2 Å². The molecule has 0 radical (unpaired) electrons. The summed E-state index contributed by atoms with van der Waals surface area (Å²) < 4.78 is 5.23. The van der Waals surface area contributed by atoms with E-state index in [2.05, 4.69) is 15.5 Å². The molecule has 1 N–H and O–H groups in total. The minimum absolute atomic E-state index is 0.0692. The summed E-state index contributed by atoms with van der Waals surface area (Å²) in [6.07, 6.45) is 1.32. The van der Waals surface area contributed by atoms with E-state index < -0.39 is 0 Å². The monoisotopic (exact) mass is 369 g/mol. The van der Waals surface area contributed by atoms with Crippen LogP contribution >= 0.6 is 11.6 Å². The van der Waals surface area contributed by atoms with Gasteiger partial charge in [-0.2, -0.15) is 4.98 Å². The van der Waals surface area contributed by atoms with E-state index in [0.717, 1.165) is 11.1 Å². The first kappa shape index (κ1) is 18.1. The Morgan fingerprint density at radius 3 is 2.77 bits per heavy atom.